The van der Waals surface area contributed by atoms with E-state index in [0.29, 0.717) is 5.56 Å². The molecular weight excluding hydrogens is 264 g/mol. The number of hydrogen-bond acceptors (Lipinski definition) is 3. The maximum atomic E-state index is 11.6. The van der Waals surface area contributed by atoms with E-state index in [-0.39, 0.29) is 6.04 Å². The van der Waals surface area contributed by atoms with Gasteiger partial charge in [0, 0.05) is 11.6 Å². The van der Waals surface area contributed by atoms with Crippen molar-refractivity contribution in [2.75, 3.05) is 0 Å². The summed E-state index contributed by atoms with van der Waals surface area (Å²) in [7, 11) is 0. The molecule has 4 heteroatoms. The van der Waals surface area contributed by atoms with Crippen molar-refractivity contribution in [1.82, 2.24) is 5.32 Å². The number of carbonyl (C=O) groups excluding carboxylic acids is 2. The van der Waals surface area contributed by atoms with Crippen LogP contribution in [0.3, 0.4) is 0 Å². The van der Waals surface area contributed by atoms with E-state index in [0.717, 1.165) is 23.8 Å². The molecule has 0 radical (unpaired) electrons. The molecule has 0 saturated carbocycles. The van der Waals surface area contributed by atoms with E-state index in [9.17, 15) is 9.59 Å². The van der Waals surface area contributed by atoms with Crippen LogP contribution in [0, 0.1) is 0 Å². The van der Waals surface area contributed by atoms with Crippen molar-refractivity contribution in [3.8, 4) is 0 Å². The second-order valence-corrected chi connectivity index (χ2v) is 5.25. The molecule has 2 unspecified atom stereocenters. The van der Waals surface area contributed by atoms with Crippen molar-refractivity contribution in [2.24, 2.45) is 5.73 Å². The molecule has 0 aromatic heterocycles. The molecule has 0 bridgehead atoms. The van der Waals surface area contributed by atoms with Gasteiger partial charge in [-0.25, -0.2) is 0 Å². The fourth-order valence-corrected chi connectivity index (χ4v) is 2.87. The third-order valence-electron chi connectivity index (χ3n) is 3.87. The molecule has 2 aromatic carbocycles. The Balaban J connectivity index is 1.97. The first-order valence-electron chi connectivity index (χ1n) is 6.87. The topological polar surface area (TPSA) is 72.2 Å². The summed E-state index contributed by atoms with van der Waals surface area (Å²) in [6.45, 7) is 0. The van der Waals surface area contributed by atoms with E-state index in [4.69, 9.17) is 5.73 Å². The number of primary amides is 1. The van der Waals surface area contributed by atoms with E-state index in [2.05, 4.69) is 5.32 Å². The predicted molar refractivity (Wildman–Crippen MR) is 79.8 cm³/mol. The fourth-order valence-electron chi connectivity index (χ4n) is 2.87. The summed E-state index contributed by atoms with van der Waals surface area (Å²) in [5.41, 5.74) is 9.10. The van der Waals surface area contributed by atoms with Gasteiger partial charge >= 0.3 is 0 Å². The van der Waals surface area contributed by atoms with Crippen LogP contribution in [-0.2, 0) is 11.2 Å². The maximum Gasteiger partial charge on any atom is 0.239 e. The highest BCUT2D eigenvalue weighted by Gasteiger charge is 2.33. The molecule has 21 heavy (non-hydrogen) atoms. The van der Waals surface area contributed by atoms with Crippen molar-refractivity contribution in [3.05, 3.63) is 70.8 Å². The summed E-state index contributed by atoms with van der Waals surface area (Å²) >= 11 is 0. The highest BCUT2D eigenvalue weighted by atomic mass is 16.1. The highest BCUT2D eigenvalue weighted by molar-refractivity contribution is 5.84. The van der Waals surface area contributed by atoms with Gasteiger partial charge in [0.05, 0.1) is 0 Å². The van der Waals surface area contributed by atoms with Crippen molar-refractivity contribution in [3.63, 3.8) is 0 Å². The molecule has 2 atom stereocenters. The number of aldehydes is 1. The van der Waals surface area contributed by atoms with Gasteiger partial charge in [-0.1, -0.05) is 42.5 Å². The normalized spacial score (nSPS) is 20.0. The second-order valence-electron chi connectivity index (χ2n) is 5.25. The second kappa shape index (κ2) is 5.50. The Morgan fingerprint density at radius 1 is 1.14 bits per heavy atom. The molecular formula is C17H16N2O2. The number of fused-ring (bicyclic) bond motifs is 1. The lowest BCUT2D eigenvalue weighted by Crippen LogP contribution is -2.30. The number of hydrogen-bond donors (Lipinski definition) is 2. The van der Waals surface area contributed by atoms with Crippen LogP contribution in [0.1, 0.15) is 39.1 Å². The molecule has 0 spiro atoms. The SMILES string of the molecule is NC(=O)C1NC(Cc2ccccc2)c2cc(C=O)ccc21. The number of nitrogens with two attached hydrogens (primary N) is 1. The zero-order chi connectivity index (χ0) is 14.8. The number of carbonyl (C=O) groups is 2. The molecule has 1 amide bonds. The Bertz CT molecular complexity index is 682. The molecule has 0 saturated heterocycles. The van der Waals surface area contributed by atoms with Crippen LogP contribution >= 0.6 is 0 Å². The Labute approximate surface area is 123 Å². The van der Waals surface area contributed by atoms with E-state index in [1.807, 2.05) is 42.5 Å². The predicted octanol–water partition coefficient (Wildman–Crippen LogP) is 1.91. The molecule has 1 heterocycles. The van der Waals surface area contributed by atoms with Crippen molar-refractivity contribution >= 4 is 12.2 Å². The lowest BCUT2D eigenvalue weighted by molar-refractivity contribution is -0.120. The standard InChI is InChI=1S/C17H16N2O2/c18-17(21)16-13-7-6-12(10-20)8-14(13)15(19-16)9-11-4-2-1-3-5-11/h1-8,10,15-16,19H,9H2,(H2,18,21). The van der Waals surface area contributed by atoms with Gasteiger partial charge in [-0.05, 0) is 29.2 Å². The Kier molecular flexibility index (Phi) is 3.54. The Hall–Kier alpha value is -2.46. The first-order chi connectivity index (χ1) is 10.2. The van der Waals surface area contributed by atoms with Crippen molar-refractivity contribution in [1.29, 1.82) is 0 Å². The Morgan fingerprint density at radius 2 is 1.90 bits per heavy atom. The third kappa shape index (κ3) is 2.58. The summed E-state index contributed by atoms with van der Waals surface area (Å²) in [6.07, 6.45) is 1.57. The summed E-state index contributed by atoms with van der Waals surface area (Å²) < 4.78 is 0. The highest BCUT2D eigenvalue weighted by Crippen LogP contribution is 2.35. The molecule has 106 valence electrons. The van der Waals surface area contributed by atoms with Gasteiger partial charge in [0.25, 0.3) is 0 Å². The third-order valence-corrected chi connectivity index (χ3v) is 3.87. The molecule has 4 nitrogen and oxygen atoms in total. The first-order valence-corrected chi connectivity index (χ1v) is 6.87. The van der Waals surface area contributed by atoms with Crippen LogP contribution in [0.25, 0.3) is 0 Å². The van der Waals surface area contributed by atoms with Crippen LogP contribution in [-0.4, -0.2) is 12.2 Å². The smallest absolute Gasteiger partial charge is 0.239 e. The van der Waals surface area contributed by atoms with Gasteiger partial charge < -0.3 is 5.73 Å². The lowest BCUT2D eigenvalue weighted by atomic mass is 9.95. The molecule has 2 aromatic rings. The van der Waals surface area contributed by atoms with Crippen LogP contribution in [0.5, 0.6) is 0 Å². The van der Waals surface area contributed by atoms with E-state index in [1.165, 1.54) is 5.56 Å². The zero-order valence-corrected chi connectivity index (χ0v) is 11.5. The van der Waals surface area contributed by atoms with E-state index in [1.54, 1.807) is 6.07 Å². The zero-order valence-electron chi connectivity index (χ0n) is 11.5. The van der Waals surface area contributed by atoms with Gasteiger partial charge in [-0.3, -0.25) is 14.9 Å². The van der Waals surface area contributed by atoms with Gasteiger partial charge in [0.2, 0.25) is 5.91 Å². The van der Waals surface area contributed by atoms with E-state index < -0.39 is 11.9 Å². The summed E-state index contributed by atoms with van der Waals surface area (Å²) in [5, 5.41) is 3.27. The summed E-state index contributed by atoms with van der Waals surface area (Å²) in [4.78, 5) is 22.6. The van der Waals surface area contributed by atoms with Gasteiger partial charge in [0.15, 0.2) is 0 Å². The van der Waals surface area contributed by atoms with Crippen LogP contribution in [0.2, 0.25) is 0 Å². The first kappa shape index (κ1) is 13.5. The van der Waals surface area contributed by atoms with Crippen molar-refractivity contribution in [2.45, 2.75) is 18.5 Å². The molecule has 1 aliphatic rings. The molecule has 0 fully saturated rings. The number of amides is 1. The van der Waals surface area contributed by atoms with Crippen LogP contribution in [0.4, 0.5) is 0 Å². The van der Waals surface area contributed by atoms with E-state index >= 15 is 0 Å². The number of rotatable bonds is 4. The maximum absolute atomic E-state index is 11.6. The monoisotopic (exact) mass is 280 g/mol. The molecule has 3 N–H and O–H groups in total. The lowest BCUT2D eigenvalue weighted by Gasteiger charge is -2.13. The summed E-state index contributed by atoms with van der Waals surface area (Å²) in [6, 6.07) is 14.9. The van der Waals surface area contributed by atoms with Crippen molar-refractivity contribution < 1.29 is 9.59 Å². The fraction of sp³-hybridized carbons (Fsp3) is 0.176. The van der Waals surface area contributed by atoms with Gasteiger partial charge in [0.1, 0.15) is 12.3 Å². The summed E-state index contributed by atoms with van der Waals surface area (Å²) in [5.74, 6) is -0.398. The quantitative estimate of drug-likeness (QED) is 0.840. The van der Waals surface area contributed by atoms with Crippen LogP contribution in [0.15, 0.2) is 48.5 Å². The molecule has 3 rings (SSSR count). The largest absolute Gasteiger partial charge is 0.368 e. The molecule has 1 aliphatic heterocycles. The minimum absolute atomic E-state index is 0.0141. The van der Waals surface area contributed by atoms with Gasteiger partial charge in [-0.2, -0.15) is 0 Å². The minimum atomic E-state index is -0.491. The number of benzene rings is 2. The minimum Gasteiger partial charge on any atom is -0.368 e. The Morgan fingerprint density at radius 3 is 2.57 bits per heavy atom. The molecule has 0 aliphatic carbocycles. The van der Waals surface area contributed by atoms with Crippen LogP contribution < -0.4 is 11.1 Å². The average Bonchev–Trinajstić information content (AvgIpc) is 2.86. The number of nitrogens with one attached hydrogen (secondary N) is 1. The van der Waals surface area contributed by atoms with Gasteiger partial charge in [-0.15, -0.1) is 0 Å². The average molecular weight is 280 g/mol.